The molecule has 132 valence electrons. The molecule has 0 radical (unpaired) electrons. The van der Waals surface area contributed by atoms with Crippen LogP contribution in [0.1, 0.15) is 12.5 Å². The standard InChI is InChI=1S/C15H18F3N3O3/c1-2-24-14(23)21-9-7-20(8-10-21)13(22)19-12-5-3-11(4-6-12)15(16,17)18/h3-6H,2,7-10H2,1H3,(H,19,22). The second-order valence-corrected chi connectivity index (χ2v) is 5.18. The van der Waals surface area contributed by atoms with E-state index in [0.717, 1.165) is 12.1 Å². The Hall–Kier alpha value is -2.45. The van der Waals surface area contributed by atoms with E-state index in [0.29, 0.717) is 26.2 Å². The number of nitrogens with one attached hydrogen (secondary N) is 1. The maximum Gasteiger partial charge on any atom is 0.416 e. The largest absolute Gasteiger partial charge is 0.450 e. The van der Waals surface area contributed by atoms with Crippen molar-refractivity contribution in [1.29, 1.82) is 0 Å². The molecule has 2 rings (SSSR count). The van der Waals surface area contributed by atoms with Crippen LogP contribution in [0.25, 0.3) is 0 Å². The molecule has 1 heterocycles. The van der Waals surface area contributed by atoms with Gasteiger partial charge in [0.05, 0.1) is 12.2 Å². The van der Waals surface area contributed by atoms with Crippen molar-refractivity contribution in [3.8, 4) is 0 Å². The van der Waals surface area contributed by atoms with Gasteiger partial charge in [-0.1, -0.05) is 0 Å². The molecule has 1 aliphatic heterocycles. The molecule has 1 N–H and O–H groups in total. The third-order valence-electron chi connectivity index (χ3n) is 3.56. The molecule has 1 saturated heterocycles. The molecule has 1 fully saturated rings. The molecule has 0 unspecified atom stereocenters. The summed E-state index contributed by atoms with van der Waals surface area (Å²) < 4.78 is 42.4. The molecule has 0 bridgehead atoms. The molecule has 6 nitrogen and oxygen atoms in total. The molecular weight excluding hydrogens is 327 g/mol. The Morgan fingerprint density at radius 1 is 1.08 bits per heavy atom. The van der Waals surface area contributed by atoms with E-state index < -0.39 is 23.9 Å². The van der Waals surface area contributed by atoms with Gasteiger partial charge in [0.2, 0.25) is 0 Å². The number of amides is 3. The van der Waals surface area contributed by atoms with Crippen molar-refractivity contribution < 1.29 is 27.5 Å². The summed E-state index contributed by atoms with van der Waals surface area (Å²) in [6, 6.07) is 3.81. The van der Waals surface area contributed by atoms with Crippen molar-refractivity contribution in [2.45, 2.75) is 13.1 Å². The number of urea groups is 1. The highest BCUT2D eigenvalue weighted by molar-refractivity contribution is 5.89. The SMILES string of the molecule is CCOC(=O)N1CCN(C(=O)Nc2ccc(C(F)(F)F)cc2)CC1. The number of piperazine rings is 1. The molecule has 1 aromatic carbocycles. The molecule has 0 aliphatic carbocycles. The van der Waals surface area contributed by atoms with Gasteiger partial charge in [-0.25, -0.2) is 9.59 Å². The maximum absolute atomic E-state index is 12.5. The van der Waals surface area contributed by atoms with Gasteiger partial charge in [0.1, 0.15) is 0 Å². The number of halogens is 3. The zero-order chi connectivity index (χ0) is 17.7. The highest BCUT2D eigenvalue weighted by atomic mass is 19.4. The van der Waals surface area contributed by atoms with Crippen LogP contribution < -0.4 is 5.32 Å². The first-order valence-electron chi connectivity index (χ1n) is 7.46. The Morgan fingerprint density at radius 2 is 1.62 bits per heavy atom. The lowest BCUT2D eigenvalue weighted by Gasteiger charge is -2.34. The van der Waals surface area contributed by atoms with E-state index in [-0.39, 0.29) is 12.3 Å². The number of alkyl halides is 3. The Bertz CT molecular complexity index is 582. The average Bonchev–Trinajstić information content (AvgIpc) is 2.55. The minimum absolute atomic E-state index is 0.279. The minimum Gasteiger partial charge on any atom is -0.450 e. The minimum atomic E-state index is -4.41. The Kier molecular flexibility index (Phi) is 5.53. The van der Waals surface area contributed by atoms with Crippen molar-refractivity contribution in [2.75, 3.05) is 38.1 Å². The van der Waals surface area contributed by atoms with Gasteiger partial charge in [-0.2, -0.15) is 13.2 Å². The lowest BCUT2D eigenvalue weighted by atomic mass is 10.2. The first-order chi connectivity index (χ1) is 11.3. The highest BCUT2D eigenvalue weighted by Crippen LogP contribution is 2.29. The third-order valence-corrected chi connectivity index (χ3v) is 3.56. The van der Waals surface area contributed by atoms with Crippen LogP contribution in [0.5, 0.6) is 0 Å². The summed E-state index contributed by atoms with van der Waals surface area (Å²) in [6.45, 7) is 3.34. The maximum atomic E-state index is 12.5. The van der Waals surface area contributed by atoms with Gasteiger partial charge in [0, 0.05) is 31.9 Å². The number of ether oxygens (including phenoxy) is 1. The number of hydrogen-bond donors (Lipinski definition) is 1. The summed E-state index contributed by atoms with van der Waals surface area (Å²) in [4.78, 5) is 26.7. The van der Waals surface area contributed by atoms with Gasteiger partial charge in [-0.3, -0.25) is 0 Å². The summed E-state index contributed by atoms with van der Waals surface area (Å²) in [6.07, 6.45) is -4.83. The first-order valence-corrected chi connectivity index (χ1v) is 7.46. The van der Waals surface area contributed by atoms with Gasteiger partial charge in [-0.15, -0.1) is 0 Å². The molecule has 24 heavy (non-hydrogen) atoms. The second-order valence-electron chi connectivity index (χ2n) is 5.18. The summed E-state index contributed by atoms with van der Waals surface area (Å²) in [7, 11) is 0. The Labute approximate surface area is 137 Å². The fourth-order valence-electron chi connectivity index (χ4n) is 2.25. The average molecular weight is 345 g/mol. The molecule has 0 spiro atoms. The van der Waals surface area contributed by atoms with Crippen molar-refractivity contribution in [1.82, 2.24) is 9.80 Å². The van der Waals surface area contributed by atoms with Crippen molar-refractivity contribution in [3.05, 3.63) is 29.8 Å². The number of carbonyl (C=O) groups is 2. The monoisotopic (exact) mass is 345 g/mol. The highest BCUT2D eigenvalue weighted by Gasteiger charge is 2.30. The summed E-state index contributed by atoms with van der Waals surface area (Å²) >= 11 is 0. The normalized spacial score (nSPS) is 15.2. The molecule has 1 aromatic rings. The number of rotatable bonds is 2. The van der Waals surface area contributed by atoms with Crippen LogP contribution >= 0.6 is 0 Å². The van der Waals surface area contributed by atoms with Crippen molar-refractivity contribution in [2.24, 2.45) is 0 Å². The Morgan fingerprint density at radius 3 is 2.12 bits per heavy atom. The van der Waals surface area contributed by atoms with Crippen LogP contribution in [0.3, 0.4) is 0 Å². The zero-order valence-corrected chi connectivity index (χ0v) is 13.1. The molecule has 0 aromatic heterocycles. The van der Waals surface area contributed by atoms with Crippen molar-refractivity contribution in [3.63, 3.8) is 0 Å². The fraction of sp³-hybridized carbons (Fsp3) is 0.467. The van der Waals surface area contributed by atoms with Crippen LogP contribution in [0, 0.1) is 0 Å². The van der Waals surface area contributed by atoms with E-state index in [1.165, 1.54) is 21.9 Å². The van der Waals surface area contributed by atoms with Crippen LogP contribution in [0.15, 0.2) is 24.3 Å². The van der Waals surface area contributed by atoms with E-state index in [9.17, 15) is 22.8 Å². The molecule has 0 saturated carbocycles. The number of anilines is 1. The molecule has 3 amide bonds. The third kappa shape index (κ3) is 4.53. The van der Waals surface area contributed by atoms with E-state index in [1.807, 2.05) is 0 Å². The van der Waals surface area contributed by atoms with Gasteiger partial charge >= 0.3 is 18.3 Å². The summed E-state index contributed by atoms with van der Waals surface area (Å²) in [5.41, 5.74) is -0.496. The number of carbonyl (C=O) groups excluding carboxylic acids is 2. The molecular formula is C15H18F3N3O3. The number of nitrogens with zero attached hydrogens (tertiary/aromatic N) is 2. The van der Waals surface area contributed by atoms with Crippen LogP contribution in [-0.2, 0) is 10.9 Å². The summed E-state index contributed by atoms with van der Waals surface area (Å²) in [5, 5.41) is 2.54. The lowest BCUT2D eigenvalue weighted by molar-refractivity contribution is -0.137. The summed E-state index contributed by atoms with van der Waals surface area (Å²) in [5.74, 6) is 0. The smallest absolute Gasteiger partial charge is 0.416 e. The Balaban J connectivity index is 1.86. The number of benzene rings is 1. The predicted octanol–water partition coefficient (Wildman–Crippen LogP) is 3.01. The van der Waals surface area contributed by atoms with E-state index in [4.69, 9.17) is 4.74 Å². The second kappa shape index (κ2) is 7.41. The van der Waals surface area contributed by atoms with Crippen LogP contribution in [0.4, 0.5) is 28.4 Å². The van der Waals surface area contributed by atoms with Gasteiger partial charge in [0.25, 0.3) is 0 Å². The predicted molar refractivity (Wildman–Crippen MR) is 80.6 cm³/mol. The van der Waals surface area contributed by atoms with Gasteiger partial charge in [0.15, 0.2) is 0 Å². The zero-order valence-electron chi connectivity index (χ0n) is 13.1. The molecule has 9 heteroatoms. The lowest BCUT2D eigenvalue weighted by Crippen LogP contribution is -2.51. The van der Waals surface area contributed by atoms with E-state index in [2.05, 4.69) is 5.32 Å². The molecule has 0 atom stereocenters. The van der Waals surface area contributed by atoms with Crippen LogP contribution in [-0.4, -0.2) is 54.7 Å². The van der Waals surface area contributed by atoms with Gasteiger partial charge < -0.3 is 19.9 Å². The quantitative estimate of drug-likeness (QED) is 0.896. The fourth-order valence-corrected chi connectivity index (χ4v) is 2.25. The van der Waals surface area contributed by atoms with Crippen LogP contribution in [0.2, 0.25) is 0 Å². The van der Waals surface area contributed by atoms with Crippen molar-refractivity contribution >= 4 is 17.8 Å². The molecule has 1 aliphatic rings. The first kappa shape index (κ1) is 17.9. The van der Waals surface area contributed by atoms with Gasteiger partial charge in [-0.05, 0) is 31.2 Å². The number of hydrogen-bond acceptors (Lipinski definition) is 3. The van der Waals surface area contributed by atoms with E-state index in [1.54, 1.807) is 6.92 Å². The topological polar surface area (TPSA) is 61.9 Å². The van der Waals surface area contributed by atoms with E-state index >= 15 is 0 Å².